The predicted molar refractivity (Wildman–Crippen MR) is 97.1 cm³/mol. The molecule has 0 N–H and O–H groups in total. The van der Waals surface area contributed by atoms with E-state index in [1.807, 2.05) is 0 Å². The lowest BCUT2D eigenvalue weighted by molar-refractivity contribution is 0.534. The van der Waals surface area contributed by atoms with Gasteiger partial charge in [-0.25, -0.2) is 0 Å². The van der Waals surface area contributed by atoms with Gasteiger partial charge in [0, 0.05) is 0 Å². The molecule has 0 saturated carbocycles. The fourth-order valence-corrected chi connectivity index (χ4v) is 3.06. The molecule has 0 nitrogen and oxygen atoms in total. The minimum Gasteiger partial charge on any atom is -0.0651 e. The summed E-state index contributed by atoms with van der Waals surface area (Å²) in [6.45, 7) is 9.25. The zero-order valence-corrected chi connectivity index (χ0v) is 14.5. The van der Waals surface area contributed by atoms with Gasteiger partial charge in [-0.3, -0.25) is 0 Å². The van der Waals surface area contributed by atoms with Crippen molar-refractivity contribution >= 4 is 0 Å². The molecule has 0 aliphatic rings. The molecule has 2 aromatic carbocycles. The van der Waals surface area contributed by atoms with Gasteiger partial charge in [-0.2, -0.15) is 0 Å². The molecule has 0 aliphatic heterocycles. The summed E-state index contributed by atoms with van der Waals surface area (Å²) >= 11 is 0. The molecule has 0 fully saturated rings. The summed E-state index contributed by atoms with van der Waals surface area (Å²) in [4.78, 5) is 0. The smallest absolute Gasteiger partial charge is 0.0126 e. The topological polar surface area (TPSA) is 0 Å². The molecule has 1 atom stereocenters. The highest BCUT2D eigenvalue weighted by molar-refractivity contribution is 5.33. The zero-order valence-electron chi connectivity index (χ0n) is 14.5. The van der Waals surface area contributed by atoms with Gasteiger partial charge in [0.2, 0.25) is 0 Å². The van der Waals surface area contributed by atoms with Crippen molar-refractivity contribution in [3.63, 3.8) is 0 Å². The Morgan fingerprint density at radius 3 is 2.09 bits per heavy atom. The van der Waals surface area contributed by atoms with E-state index in [1.165, 1.54) is 23.1 Å². The molecule has 0 heteroatoms. The van der Waals surface area contributed by atoms with E-state index < -0.39 is 0 Å². The van der Waals surface area contributed by atoms with Crippen LogP contribution in [0.25, 0.3) is 0 Å². The van der Waals surface area contributed by atoms with Crippen molar-refractivity contribution < 1.29 is 0 Å². The quantitative estimate of drug-likeness (QED) is 0.569. The largest absolute Gasteiger partial charge is 0.0651 e. The van der Waals surface area contributed by atoms with E-state index in [1.54, 1.807) is 5.92 Å². The summed E-state index contributed by atoms with van der Waals surface area (Å²) in [7, 11) is 0. The highest BCUT2D eigenvalue weighted by Crippen LogP contribution is 2.29. The molecule has 0 aliphatic carbocycles. The molecule has 0 heterocycles. The molecule has 0 aromatic heterocycles. The van der Waals surface area contributed by atoms with Crippen LogP contribution in [0.4, 0.5) is 0 Å². The lowest BCUT2D eigenvalue weighted by Crippen LogP contribution is -2.16. The van der Waals surface area contributed by atoms with Crippen LogP contribution >= 0.6 is 0 Å². The third kappa shape index (κ3) is 4.47. The van der Waals surface area contributed by atoms with Crippen molar-refractivity contribution in [1.82, 2.24) is 0 Å². The molecular weight excluding hydrogens is 264 g/mol. The third-order valence-corrected chi connectivity index (χ3v) is 4.68. The molecule has 0 saturated heterocycles. The van der Waals surface area contributed by atoms with Gasteiger partial charge in [-0.1, -0.05) is 88.7 Å². The minimum atomic E-state index is 0.589. The highest BCUT2D eigenvalue weighted by atomic mass is 14.2. The van der Waals surface area contributed by atoms with Crippen LogP contribution in [0.3, 0.4) is 0 Å². The maximum Gasteiger partial charge on any atom is -0.0126 e. The molecule has 22 heavy (non-hydrogen) atoms. The fourth-order valence-electron chi connectivity index (χ4n) is 3.06. The Kier molecular flexibility index (Phi) is 6.24. The first-order chi connectivity index (χ1) is 10.6. The first-order valence-corrected chi connectivity index (χ1v) is 8.58. The van der Waals surface area contributed by atoms with Crippen LogP contribution in [0.2, 0.25) is 0 Å². The van der Waals surface area contributed by atoms with E-state index in [0.29, 0.717) is 11.8 Å². The summed E-state index contributed by atoms with van der Waals surface area (Å²) in [5.74, 6) is 2.91. The fraction of sp³-hybridized carbons (Fsp3) is 0.409. The Hall–Kier alpha value is -1.56. The Labute approximate surface area is 136 Å². The average molecular weight is 293 g/mol. The summed E-state index contributed by atoms with van der Waals surface area (Å²) in [6, 6.07) is 19.8. The number of benzene rings is 2. The first kappa shape index (κ1) is 16.8. The van der Waals surface area contributed by atoms with Gasteiger partial charge >= 0.3 is 0 Å². The van der Waals surface area contributed by atoms with E-state index in [2.05, 4.69) is 82.3 Å². The van der Waals surface area contributed by atoms with E-state index in [-0.39, 0.29) is 0 Å². The second kappa shape index (κ2) is 8.17. The maximum absolute atomic E-state index is 2.37. The Bertz CT molecular complexity index is 553. The second-order valence-corrected chi connectivity index (χ2v) is 6.66. The lowest BCUT2D eigenvalue weighted by atomic mass is 9.80. The van der Waals surface area contributed by atoms with Gasteiger partial charge in [0.15, 0.2) is 0 Å². The van der Waals surface area contributed by atoms with Crippen molar-refractivity contribution in [3.8, 4) is 0 Å². The molecule has 1 unspecified atom stereocenters. The summed E-state index contributed by atoms with van der Waals surface area (Å²) in [6.07, 6.45) is 3.42. The second-order valence-electron chi connectivity index (χ2n) is 6.66. The van der Waals surface area contributed by atoms with Gasteiger partial charge in [-0.15, -0.1) is 0 Å². The van der Waals surface area contributed by atoms with Crippen LogP contribution < -0.4 is 0 Å². The van der Waals surface area contributed by atoms with E-state index >= 15 is 0 Å². The van der Waals surface area contributed by atoms with Gasteiger partial charge in [0.25, 0.3) is 0 Å². The van der Waals surface area contributed by atoms with Crippen LogP contribution in [-0.4, -0.2) is 0 Å². The zero-order chi connectivity index (χ0) is 15.9. The summed E-state index contributed by atoms with van der Waals surface area (Å²) < 4.78 is 0. The van der Waals surface area contributed by atoms with Crippen molar-refractivity contribution in [2.75, 3.05) is 0 Å². The van der Waals surface area contributed by atoms with Gasteiger partial charge < -0.3 is 0 Å². The number of hydrogen-bond acceptors (Lipinski definition) is 0. The third-order valence-electron chi connectivity index (χ3n) is 4.68. The monoisotopic (exact) mass is 293 g/mol. The normalized spacial score (nSPS) is 12.8. The predicted octanol–water partition coefficient (Wildman–Crippen LogP) is 6.22. The van der Waals surface area contributed by atoms with Crippen LogP contribution in [0.15, 0.2) is 54.6 Å². The van der Waals surface area contributed by atoms with Crippen molar-refractivity contribution in [2.24, 2.45) is 5.92 Å². The molecule has 0 bridgehead atoms. The van der Waals surface area contributed by atoms with Gasteiger partial charge in [-0.05, 0) is 47.3 Å². The molecular formula is C22H29. The van der Waals surface area contributed by atoms with E-state index in [4.69, 9.17) is 0 Å². The summed E-state index contributed by atoms with van der Waals surface area (Å²) in [5, 5.41) is 0. The van der Waals surface area contributed by atoms with Gasteiger partial charge in [0.1, 0.15) is 0 Å². The average Bonchev–Trinajstić information content (AvgIpc) is 2.54. The summed E-state index contributed by atoms with van der Waals surface area (Å²) in [5.41, 5.74) is 4.43. The lowest BCUT2D eigenvalue weighted by Gasteiger charge is -2.24. The minimum absolute atomic E-state index is 0.589. The Morgan fingerprint density at radius 2 is 1.45 bits per heavy atom. The SMILES string of the molecule is CCC(C)[C](Cc1ccccc1)Cc1ccccc1C(C)C. The number of rotatable bonds is 7. The molecule has 117 valence electrons. The Balaban J connectivity index is 2.20. The maximum atomic E-state index is 2.37. The van der Waals surface area contributed by atoms with Gasteiger partial charge in [0.05, 0.1) is 0 Å². The van der Waals surface area contributed by atoms with Crippen molar-refractivity contribution in [2.45, 2.75) is 52.9 Å². The molecule has 1 radical (unpaired) electrons. The van der Waals surface area contributed by atoms with Crippen LogP contribution in [0.5, 0.6) is 0 Å². The van der Waals surface area contributed by atoms with Crippen LogP contribution in [0, 0.1) is 11.8 Å². The standard InChI is InChI=1S/C22H29/c1-5-18(4)21(15-19-11-7-6-8-12-19)16-20-13-9-10-14-22(20)17(2)3/h6-14,17-18H,5,15-16H2,1-4H3. The van der Waals surface area contributed by atoms with Crippen LogP contribution in [-0.2, 0) is 12.8 Å². The van der Waals surface area contributed by atoms with E-state index in [0.717, 1.165) is 12.8 Å². The van der Waals surface area contributed by atoms with E-state index in [9.17, 15) is 0 Å². The highest BCUT2D eigenvalue weighted by Gasteiger charge is 2.19. The molecule has 2 rings (SSSR count). The first-order valence-electron chi connectivity index (χ1n) is 8.58. The van der Waals surface area contributed by atoms with Crippen molar-refractivity contribution in [3.05, 3.63) is 77.2 Å². The molecule has 0 spiro atoms. The van der Waals surface area contributed by atoms with Crippen molar-refractivity contribution in [1.29, 1.82) is 0 Å². The Morgan fingerprint density at radius 1 is 0.818 bits per heavy atom. The molecule has 0 amide bonds. The molecule has 2 aromatic rings. The number of hydrogen-bond donors (Lipinski definition) is 0. The van der Waals surface area contributed by atoms with Crippen LogP contribution in [0.1, 0.15) is 56.7 Å².